The van der Waals surface area contributed by atoms with Crippen LogP contribution in [-0.2, 0) is 25.2 Å². The van der Waals surface area contributed by atoms with Crippen LogP contribution in [-0.4, -0.2) is 60.0 Å². The fraction of sp³-hybridized carbons (Fsp3) is 0.455. The number of hydrogen-bond acceptors (Lipinski definition) is 10. The first-order valence-corrected chi connectivity index (χ1v) is 14.0. The molecule has 4 heterocycles. The van der Waals surface area contributed by atoms with Crippen LogP contribution in [0.25, 0.3) is 11.0 Å². The molecule has 3 aromatic heterocycles. The van der Waals surface area contributed by atoms with Crippen LogP contribution >= 0.6 is 23.4 Å². The number of aliphatic hydroxyl groups is 1. The van der Waals surface area contributed by atoms with Gasteiger partial charge in [-0.25, -0.2) is 9.48 Å². The number of carbonyl (C=O) groups excluding carboxylic acids is 1. The summed E-state index contributed by atoms with van der Waals surface area (Å²) in [6.45, 7) is 2.78. The van der Waals surface area contributed by atoms with Gasteiger partial charge >= 0.3 is 0 Å². The van der Waals surface area contributed by atoms with Crippen molar-refractivity contribution in [3.8, 4) is 0 Å². The number of ketones is 1. The van der Waals surface area contributed by atoms with Crippen molar-refractivity contribution in [2.24, 2.45) is 5.92 Å². The molecule has 12 nitrogen and oxygen atoms in total. The number of nitrogens with one attached hydrogen (secondary N) is 1. The number of aromatic nitrogens is 4. The van der Waals surface area contributed by atoms with Gasteiger partial charge < -0.3 is 30.4 Å². The van der Waals surface area contributed by atoms with Crippen LogP contribution in [0.2, 0.25) is 0 Å². The molecular weight excluding hydrogens is 572 g/mol. The Balaban J connectivity index is 1.53. The van der Waals surface area contributed by atoms with Crippen LogP contribution in [0.4, 0.5) is 16.2 Å². The third kappa shape index (κ3) is 5.84. The monoisotopic (exact) mass is 599 g/mol. The number of aliphatic hydroxyl groups excluding tert-OH is 1. The van der Waals surface area contributed by atoms with Crippen LogP contribution in [0, 0.1) is 5.92 Å². The molecule has 0 aromatic carbocycles. The van der Waals surface area contributed by atoms with Gasteiger partial charge in [0.1, 0.15) is 29.5 Å². The molecule has 0 spiro atoms. The first-order valence-electron chi connectivity index (χ1n) is 11.4. The lowest BCUT2D eigenvalue weighted by Crippen LogP contribution is -2.38. The molecule has 0 saturated carbocycles. The van der Waals surface area contributed by atoms with Crippen molar-refractivity contribution in [2.75, 3.05) is 24.2 Å². The molecular formula is C22H28BrFN7O5P. The van der Waals surface area contributed by atoms with Crippen molar-refractivity contribution in [1.29, 1.82) is 0 Å². The smallest absolute Gasteiger partial charge is 0.270 e. The van der Waals surface area contributed by atoms with Gasteiger partial charge in [-0.2, -0.15) is 9.97 Å². The summed E-state index contributed by atoms with van der Waals surface area (Å²) in [5.74, 6) is -0.721. The van der Waals surface area contributed by atoms with Gasteiger partial charge in [0, 0.05) is 37.2 Å². The van der Waals surface area contributed by atoms with Gasteiger partial charge in [-0.1, -0.05) is 13.0 Å². The summed E-state index contributed by atoms with van der Waals surface area (Å²) in [6, 6.07) is 5.10. The Bertz CT molecular complexity index is 1330. The second-order valence-electron chi connectivity index (χ2n) is 8.93. The number of anilines is 2. The van der Waals surface area contributed by atoms with E-state index in [-0.39, 0.29) is 35.9 Å². The maximum Gasteiger partial charge on any atom is 0.270 e. The van der Waals surface area contributed by atoms with Crippen molar-refractivity contribution >= 4 is 52.0 Å². The number of pyridine rings is 1. The molecule has 1 fully saturated rings. The molecule has 6 atom stereocenters. The third-order valence-electron chi connectivity index (χ3n) is 6.15. The molecule has 3 aromatic rings. The minimum Gasteiger partial charge on any atom is -0.386 e. The molecule has 1 saturated heterocycles. The molecule has 1 aliphatic rings. The zero-order valence-electron chi connectivity index (χ0n) is 20.1. The Morgan fingerprint density at radius 1 is 1.43 bits per heavy atom. The topological polar surface area (TPSA) is 181 Å². The number of hydrogen-bond donors (Lipinski definition) is 4. The highest BCUT2D eigenvalue weighted by Gasteiger charge is 2.57. The Hall–Kier alpha value is -2.48. The van der Waals surface area contributed by atoms with Crippen molar-refractivity contribution in [2.45, 2.75) is 43.4 Å². The van der Waals surface area contributed by atoms with Crippen LogP contribution in [0.15, 0.2) is 36.8 Å². The summed E-state index contributed by atoms with van der Waals surface area (Å²) >= 11 is 2.94. The first-order chi connectivity index (χ1) is 17.4. The SMILES string of the molecule is CC(=O)[C@H](C)CP(=O)(NCc1cccnc1)OC[C@H]1O[C@@H](n2ccc3c(N)nc(N)nc32)[C@@](F)(Br)C1O. The quantitative estimate of drug-likeness (QED) is 0.198. The Kier molecular flexibility index (Phi) is 7.98. The van der Waals surface area contributed by atoms with Gasteiger partial charge in [-0.05, 0) is 40.5 Å². The van der Waals surface area contributed by atoms with Gasteiger partial charge in [0.05, 0.1) is 12.0 Å². The zero-order valence-corrected chi connectivity index (χ0v) is 22.6. The normalized spacial score (nSPS) is 26.2. The number of halogens is 2. The second kappa shape index (κ2) is 10.7. The summed E-state index contributed by atoms with van der Waals surface area (Å²) in [6.07, 6.45) is 0.294. The summed E-state index contributed by atoms with van der Waals surface area (Å²) < 4.78 is 39.9. The van der Waals surface area contributed by atoms with Gasteiger partial charge in [-0.15, -0.1) is 0 Å². The highest BCUT2D eigenvalue weighted by Crippen LogP contribution is 2.50. The van der Waals surface area contributed by atoms with E-state index in [1.807, 2.05) is 0 Å². The van der Waals surface area contributed by atoms with E-state index < -0.39 is 43.1 Å². The summed E-state index contributed by atoms with van der Waals surface area (Å²) in [5, 5.41) is 14.1. The Labute approximate surface area is 220 Å². The minimum atomic E-state index is -3.64. The molecule has 15 heteroatoms. The van der Waals surface area contributed by atoms with Gasteiger partial charge in [0.2, 0.25) is 10.5 Å². The average molecular weight is 600 g/mol. The molecule has 0 aliphatic carbocycles. The third-order valence-corrected chi connectivity index (χ3v) is 9.25. The fourth-order valence-corrected chi connectivity index (χ4v) is 6.67. The number of nitrogens with zero attached hydrogens (tertiary/aromatic N) is 4. The molecule has 2 unspecified atom stereocenters. The number of nitrogens with two attached hydrogens (primary N) is 2. The van der Waals surface area contributed by atoms with Crippen LogP contribution < -0.4 is 16.6 Å². The maximum absolute atomic E-state index is 15.7. The molecule has 0 amide bonds. The standard InChI is InChI=1S/C22H28BrFN7O5P/c1-12(13(2)32)11-37(34,28-9-14-4-3-6-27-8-14)35-10-16-17(33)22(23,24)20(36-16)31-7-5-15-18(25)29-21(26)30-19(15)31/h3-8,12,16-17,20,33H,9-11H2,1-2H3,(H,28,34)(H4,25,26,29,30)/t12-,16-,17?,20-,22-,37?/m1/s1. The molecule has 1 aliphatic heterocycles. The minimum absolute atomic E-state index is 0.0956. The van der Waals surface area contributed by atoms with E-state index >= 15 is 4.39 Å². The zero-order chi connectivity index (χ0) is 27.0. The van der Waals surface area contributed by atoms with Crippen LogP contribution in [0.5, 0.6) is 0 Å². The van der Waals surface area contributed by atoms with E-state index in [2.05, 4.69) is 36.0 Å². The number of ether oxygens (including phenoxy) is 1. The van der Waals surface area contributed by atoms with E-state index in [1.165, 1.54) is 17.7 Å². The molecule has 200 valence electrons. The lowest BCUT2D eigenvalue weighted by atomic mass is 10.1. The summed E-state index contributed by atoms with van der Waals surface area (Å²) in [7, 11) is -3.64. The van der Waals surface area contributed by atoms with Gasteiger partial charge in [0.15, 0.2) is 6.23 Å². The second-order valence-corrected chi connectivity index (χ2v) is 12.4. The van der Waals surface area contributed by atoms with E-state index in [9.17, 15) is 14.5 Å². The van der Waals surface area contributed by atoms with E-state index in [0.29, 0.717) is 5.39 Å². The lowest BCUT2D eigenvalue weighted by molar-refractivity contribution is -0.119. The number of alkyl halides is 2. The molecule has 0 radical (unpaired) electrons. The largest absolute Gasteiger partial charge is 0.386 e. The number of Topliss-reactive ketones (excluding diaryl/α,β-unsaturated/α-hetero) is 1. The highest BCUT2D eigenvalue weighted by molar-refractivity contribution is 9.10. The van der Waals surface area contributed by atoms with Crippen molar-refractivity contribution < 1.29 is 28.1 Å². The molecule has 4 rings (SSSR count). The Morgan fingerprint density at radius 2 is 2.19 bits per heavy atom. The predicted octanol–water partition coefficient (Wildman–Crippen LogP) is 2.53. The first kappa shape index (κ1) is 27.6. The van der Waals surface area contributed by atoms with Crippen molar-refractivity contribution in [1.82, 2.24) is 24.6 Å². The van der Waals surface area contributed by atoms with Crippen molar-refractivity contribution in [3.63, 3.8) is 0 Å². The average Bonchev–Trinajstić information content (AvgIpc) is 3.35. The predicted molar refractivity (Wildman–Crippen MR) is 138 cm³/mol. The number of fused-ring (bicyclic) bond motifs is 1. The number of carbonyl (C=O) groups is 1. The van der Waals surface area contributed by atoms with E-state index in [0.717, 1.165) is 5.56 Å². The van der Waals surface area contributed by atoms with E-state index in [4.69, 9.17) is 20.7 Å². The van der Waals surface area contributed by atoms with Gasteiger partial charge in [0.25, 0.3) is 7.52 Å². The van der Waals surface area contributed by atoms with Gasteiger partial charge in [-0.3, -0.25) is 14.3 Å². The molecule has 0 bridgehead atoms. The Morgan fingerprint density at radius 3 is 2.86 bits per heavy atom. The molecule has 37 heavy (non-hydrogen) atoms. The van der Waals surface area contributed by atoms with E-state index in [1.54, 1.807) is 37.5 Å². The highest BCUT2D eigenvalue weighted by atomic mass is 79.9. The fourth-order valence-electron chi connectivity index (χ4n) is 3.93. The van der Waals surface area contributed by atoms with Crippen LogP contribution in [0.1, 0.15) is 25.6 Å². The number of rotatable bonds is 10. The van der Waals surface area contributed by atoms with Crippen molar-refractivity contribution in [3.05, 3.63) is 42.4 Å². The lowest BCUT2D eigenvalue weighted by Gasteiger charge is -2.24. The summed E-state index contributed by atoms with van der Waals surface area (Å²) in [5.41, 5.74) is 12.6. The van der Waals surface area contributed by atoms with Crippen LogP contribution in [0.3, 0.4) is 0 Å². The molecule has 6 N–H and O–H groups in total. The summed E-state index contributed by atoms with van der Waals surface area (Å²) in [4.78, 5) is 23.9. The maximum atomic E-state index is 15.7. The number of nitrogen functional groups attached to an aromatic ring is 2.